The third-order valence-corrected chi connectivity index (χ3v) is 3.49. The standard InChI is InChI=1S/C12H19NOS/c1-10(8-14)9-15-12-5-3-11(4-6-12)7-13-2/h3-6,10,13-14H,7-9H2,1-2H3. The number of hydrogen-bond acceptors (Lipinski definition) is 3. The highest BCUT2D eigenvalue weighted by Crippen LogP contribution is 2.20. The van der Waals surface area contributed by atoms with Gasteiger partial charge in [-0.3, -0.25) is 0 Å². The van der Waals surface area contributed by atoms with E-state index in [9.17, 15) is 0 Å². The maximum atomic E-state index is 8.91. The van der Waals surface area contributed by atoms with Crippen molar-refractivity contribution >= 4 is 11.8 Å². The van der Waals surface area contributed by atoms with E-state index in [1.54, 1.807) is 11.8 Å². The summed E-state index contributed by atoms with van der Waals surface area (Å²) in [7, 11) is 1.95. The number of aliphatic hydroxyl groups excluding tert-OH is 1. The van der Waals surface area contributed by atoms with E-state index < -0.39 is 0 Å². The van der Waals surface area contributed by atoms with Crippen molar-refractivity contribution in [2.75, 3.05) is 19.4 Å². The topological polar surface area (TPSA) is 32.3 Å². The fourth-order valence-electron chi connectivity index (χ4n) is 1.20. The summed E-state index contributed by atoms with van der Waals surface area (Å²) in [4.78, 5) is 1.27. The van der Waals surface area contributed by atoms with Crippen LogP contribution in [0.5, 0.6) is 0 Å². The van der Waals surface area contributed by atoms with E-state index in [0.29, 0.717) is 5.92 Å². The van der Waals surface area contributed by atoms with Crippen LogP contribution in [0, 0.1) is 5.92 Å². The molecule has 0 aliphatic rings. The Hall–Kier alpha value is -0.510. The fourth-order valence-corrected chi connectivity index (χ4v) is 2.11. The Labute approximate surface area is 96.1 Å². The van der Waals surface area contributed by atoms with Gasteiger partial charge in [-0.15, -0.1) is 11.8 Å². The summed E-state index contributed by atoms with van der Waals surface area (Å²) in [6.07, 6.45) is 0. The SMILES string of the molecule is CNCc1ccc(SCC(C)CO)cc1. The Kier molecular flexibility index (Phi) is 5.76. The van der Waals surface area contributed by atoms with E-state index in [1.807, 2.05) is 7.05 Å². The Balaban J connectivity index is 2.42. The van der Waals surface area contributed by atoms with Crippen molar-refractivity contribution in [1.82, 2.24) is 5.32 Å². The number of rotatable bonds is 6. The highest BCUT2D eigenvalue weighted by atomic mass is 32.2. The van der Waals surface area contributed by atoms with Gasteiger partial charge in [-0.05, 0) is 30.7 Å². The molecule has 2 nitrogen and oxygen atoms in total. The smallest absolute Gasteiger partial charge is 0.0464 e. The van der Waals surface area contributed by atoms with Gasteiger partial charge in [-0.1, -0.05) is 19.1 Å². The highest BCUT2D eigenvalue weighted by Gasteiger charge is 2.01. The molecule has 15 heavy (non-hydrogen) atoms. The first-order chi connectivity index (χ1) is 7.26. The van der Waals surface area contributed by atoms with E-state index in [0.717, 1.165) is 12.3 Å². The normalized spacial score (nSPS) is 12.7. The minimum absolute atomic E-state index is 0.269. The summed E-state index contributed by atoms with van der Waals surface area (Å²) >= 11 is 1.80. The molecule has 0 aliphatic heterocycles. The lowest BCUT2D eigenvalue weighted by Gasteiger charge is -2.07. The molecule has 0 saturated heterocycles. The van der Waals surface area contributed by atoms with Crippen LogP contribution in [0.25, 0.3) is 0 Å². The number of nitrogens with one attached hydrogen (secondary N) is 1. The van der Waals surface area contributed by atoms with Gasteiger partial charge in [0.2, 0.25) is 0 Å². The maximum absolute atomic E-state index is 8.91. The minimum atomic E-state index is 0.269. The lowest BCUT2D eigenvalue weighted by molar-refractivity contribution is 0.250. The maximum Gasteiger partial charge on any atom is 0.0464 e. The van der Waals surface area contributed by atoms with Crippen molar-refractivity contribution in [3.63, 3.8) is 0 Å². The summed E-state index contributed by atoms with van der Waals surface area (Å²) in [5.74, 6) is 1.34. The molecule has 2 N–H and O–H groups in total. The highest BCUT2D eigenvalue weighted by molar-refractivity contribution is 7.99. The van der Waals surface area contributed by atoms with Gasteiger partial charge >= 0.3 is 0 Å². The average Bonchev–Trinajstić information content (AvgIpc) is 2.28. The van der Waals surface area contributed by atoms with Crippen molar-refractivity contribution in [3.8, 4) is 0 Å². The van der Waals surface area contributed by atoms with Crippen LogP contribution in [0.2, 0.25) is 0 Å². The first-order valence-electron chi connectivity index (χ1n) is 5.23. The molecule has 0 amide bonds. The van der Waals surface area contributed by atoms with Gasteiger partial charge in [-0.2, -0.15) is 0 Å². The third-order valence-electron chi connectivity index (χ3n) is 2.15. The molecule has 0 aromatic heterocycles. The van der Waals surface area contributed by atoms with Crippen molar-refractivity contribution in [2.24, 2.45) is 5.92 Å². The first-order valence-corrected chi connectivity index (χ1v) is 6.22. The Bertz CT molecular complexity index is 273. The minimum Gasteiger partial charge on any atom is -0.396 e. The largest absolute Gasteiger partial charge is 0.396 e. The van der Waals surface area contributed by atoms with Crippen LogP contribution < -0.4 is 5.32 Å². The molecule has 0 spiro atoms. The third kappa shape index (κ3) is 4.69. The van der Waals surface area contributed by atoms with E-state index in [4.69, 9.17) is 5.11 Å². The summed E-state index contributed by atoms with van der Waals surface area (Å²) in [6, 6.07) is 8.56. The monoisotopic (exact) mass is 225 g/mol. The van der Waals surface area contributed by atoms with Crippen molar-refractivity contribution < 1.29 is 5.11 Å². The second-order valence-electron chi connectivity index (χ2n) is 3.77. The molecular formula is C12H19NOS. The molecule has 84 valence electrons. The summed E-state index contributed by atoms with van der Waals surface area (Å²) in [5, 5.41) is 12.0. The van der Waals surface area contributed by atoms with Crippen LogP contribution in [-0.2, 0) is 6.54 Å². The molecule has 1 atom stereocenters. The van der Waals surface area contributed by atoms with Crippen molar-refractivity contribution in [1.29, 1.82) is 0 Å². The fraction of sp³-hybridized carbons (Fsp3) is 0.500. The number of aliphatic hydroxyl groups is 1. The molecule has 1 unspecified atom stereocenters. The van der Waals surface area contributed by atoms with E-state index in [1.165, 1.54) is 10.5 Å². The molecule has 0 bridgehead atoms. The number of hydrogen-bond donors (Lipinski definition) is 2. The van der Waals surface area contributed by atoms with Gasteiger partial charge in [0.15, 0.2) is 0 Å². The molecule has 1 aromatic carbocycles. The van der Waals surface area contributed by atoms with Crippen molar-refractivity contribution in [2.45, 2.75) is 18.4 Å². The van der Waals surface area contributed by atoms with Gasteiger partial charge in [0.1, 0.15) is 0 Å². The van der Waals surface area contributed by atoms with Gasteiger partial charge in [-0.25, -0.2) is 0 Å². The Morgan fingerprint density at radius 1 is 1.33 bits per heavy atom. The van der Waals surface area contributed by atoms with Crippen LogP contribution in [0.4, 0.5) is 0 Å². The lowest BCUT2D eigenvalue weighted by atomic mass is 10.2. The van der Waals surface area contributed by atoms with Gasteiger partial charge < -0.3 is 10.4 Å². The van der Waals surface area contributed by atoms with E-state index >= 15 is 0 Å². The summed E-state index contributed by atoms with van der Waals surface area (Å²) in [6.45, 7) is 3.24. The molecule has 3 heteroatoms. The zero-order valence-corrected chi connectivity index (χ0v) is 10.2. The second kappa shape index (κ2) is 6.88. The average molecular weight is 225 g/mol. The molecule has 0 radical (unpaired) electrons. The molecule has 0 aliphatic carbocycles. The predicted octanol–water partition coefficient (Wildman–Crippen LogP) is 2.13. The number of benzene rings is 1. The van der Waals surface area contributed by atoms with Crippen LogP contribution in [-0.4, -0.2) is 24.5 Å². The number of thioether (sulfide) groups is 1. The zero-order chi connectivity index (χ0) is 11.1. The van der Waals surface area contributed by atoms with Crippen LogP contribution in [0.15, 0.2) is 29.2 Å². The quantitative estimate of drug-likeness (QED) is 0.727. The molecule has 1 rings (SSSR count). The van der Waals surface area contributed by atoms with Gasteiger partial charge in [0.25, 0.3) is 0 Å². The van der Waals surface area contributed by atoms with E-state index in [2.05, 4.69) is 36.5 Å². The second-order valence-corrected chi connectivity index (χ2v) is 4.87. The summed E-state index contributed by atoms with van der Waals surface area (Å²) in [5.41, 5.74) is 1.30. The Morgan fingerprint density at radius 3 is 2.53 bits per heavy atom. The molecule has 0 heterocycles. The van der Waals surface area contributed by atoms with Gasteiger partial charge in [0, 0.05) is 23.8 Å². The van der Waals surface area contributed by atoms with E-state index in [-0.39, 0.29) is 6.61 Å². The molecule has 1 aromatic rings. The molecule has 0 saturated carbocycles. The molecule has 0 fully saturated rings. The van der Waals surface area contributed by atoms with Crippen LogP contribution >= 0.6 is 11.8 Å². The Morgan fingerprint density at radius 2 is 2.00 bits per heavy atom. The van der Waals surface area contributed by atoms with Crippen molar-refractivity contribution in [3.05, 3.63) is 29.8 Å². The predicted molar refractivity (Wildman–Crippen MR) is 66.2 cm³/mol. The summed E-state index contributed by atoms with van der Waals surface area (Å²) < 4.78 is 0. The molecular weight excluding hydrogens is 206 g/mol. The first kappa shape index (κ1) is 12.6. The van der Waals surface area contributed by atoms with Gasteiger partial charge in [0.05, 0.1) is 0 Å². The van der Waals surface area contributed by atoms with Crippen LogP contribution in [0.3, 0.4) is 0 Å². The lowest BCUT2D eigenvalue weighted by Crippen LogP contribution is -2.05. The zero-order valence-electron chi connectivity index (χ0n) is 9.36. The van der Waals surface area contributed by atoms with Crippen LogP contribution in [0.1, 0.15) is 12.5 Å².